The number of para-hydroxylation sites is 2. The van der Waals surface area contributed by atoms with Gasteiger partial charge in [-0.1, -0.05) is 12.1 Å². The first kappa shape index (κ1) is 16.5. The molecule has 25 heavy (non-hydrogen) atoms. The minimum atomic E-state index is -1.10. The molecule has 2 N–H and O–H groups in total. The fourth-order valence-electron chi connectivity index (χ4n) is 2.48. The van der Waals surface area contributed by atoms with Crippen LogP contribution in [0.2, 0.25) is 0 Å². The van der Waals surface area contributed by atoms with Gasteiger partial charge in [0, 0.05) is 18.4 Å². The summed E-state index contributed by atoms with van der Waals surface area (Å²) < 4.78 is 6.90. The largest absolute Gasteiger partial charge is 0.495 e. The van der Waals surface area contributed by atoms with Gasteiger partial charge in [0.05, 0.1) is 12.8 Å². The Kier molecular flexibility index (Phi) is 4.38. The number of carbonyl (C=O) groups is 1. The van der Waals surface area contributed by atoms with Gasteiger partial charge in [0.15, 0.2) is 5.82 Å². The van der Waals surface area contributed by atoms with Gasteiger partial charge in [0.25, 0.3) is 0 Å². The fourth-order valence-corrected chi connectivity index (χ4v) is 2.48. The molecule has 0 bridgehead atoms. The second kappa shape index (κ2) is 6.63. The van der Waals surface area contributed by atoms with Gasteiger partial charge in [-0.3, -0.25) is 4.40 Å². The third kappa shape index (κ3) is 3.03. The topological polar surface area (TPSA) is 105 Å². The quantitative estimate of drug-likeness (QED) is 0.734. The number of ether oxygens (including phenoxy) is 1. The molecule has 0 atom stereocenters. The van der Waals surface area contributed by atoms with Crippen LogP contribution in [-0.2, 0) is 0 Å². The lowest BCUT2D eigenvalue weighted by atomic mass is 10.3. The minimum Gasteiger partial charge on any atom is -0.495 e. The Bertz CT molecular complexity index is 908. The van der Waals surface area contributed by atoms with E-state index in [1.807, 2.05) is 24.3 Å². The van der Waals surface area contributed by atoms with Crippen molar-refractivity contribution in [1.29, 1.82) is 0 Å². The van der Waals surface area contributed by atoms with E-state index >= 15 is 0 Å². The number of carboxylic acid groups (broad SMARTS) is 1. The average molecular weight is 342 g/mol. The minimum absolute atomic E-state index is 0.211. The van der Waals surface area contributed by atoms with Crippen molar-refractivity contribution in [2.45, 2.75) is 19.9 Å². The molecular formula is C16H18N6O3. The van der Waals surface area contributed by atoms with E-state index in [9.17, 15) is 9.90 Å². The van der Waals surface area contributed by atoms with Gasteiger partial charge in [-0.15, -0.1) is 10.2 Å². The number of methoxy groups -OCH3 is 1. The SMILES string of the molecule is COc1ccccc1Nc1nccn2c(N(C(=O)O)C(C)C)nnc12. The molecule has 9 heteroatoms. The second-order valence-electron chi connectivity index (χ2n) is 5.54. The number of benzene rings is 1. The van der Waals surface area contributed by atoms with Crippen LogP contribution in [0, 0.1) is 0 Å². The van der Waals surface area contributed by atoms with Crippen LogP contribution in [0.15, 0.2) is 36.7 Å². The monoisotopic (exact) mass is 342 g/mol. The summed E-state index contributed by atoms with van der Waals surface area (Å²) in [6.07, 6.45) is 2.08. The number of fused-ring (bicyclic) bond motifs is 1. The first-order valence-corrected chi connectivity index (χ1v) is 7.65. The third-order valence-corrected chi connectivity index (χ3v) is 3.61. The van der Waals surface area contributed by atoms with Crippen molar-refractivity contribution in [3.05, 3.63) is 36.7 Å². The van der Waals surface area contributed by atoms with Crippen LogP contribution in [-0.4, -0.2) is 43.9 Å². The van der Waals surface area contributed by atoms with Gasteiger partial charge in [0.2, 0.25) is 11.6 Å². The summed E-state index contributed by atoms with van der Waals surface area (Å²) in [5, 5.41) is 20.7. The molecule has 1 aromatic carbocycles. The molecule has 3 rings (SSSR count). The number of amides is 1. The van der Waals surface area contributed by atoms with Crippen LogP contribution in [0.4, 0.5) is 22.2 Å². The molecule has 0 spiro atoms. The number of hydrogen-bond donors (Lipinski definition) is 2. The molecule has 0 aliphatic rings. The van der Waals surface area contributed by atoms with Gasteiger partial charge in [0.1, 0.15) is 5.75 Å². The summed E-state index contributed by atoms with van der Waals surface area (Å²) in [6.45, 7) is 3.54. The molecule has 3 aromatic rings. The molecule has 0 unspecified atom stereocenters. The van der Waals surface area contributed by atoms with E-state index in [1.165, 1.54) is 0 Å². The fraction of sp³-hybridized carbons (Fsp3) is 0.250. The smallest absolute Gasteiger partial charge is 0.414 e. The highest BCUT2D eigenvalue weighted by atomic mass is 16.5. The number of aromatic nitrogens is 4. The van der Waals surface area contributed by atoms with Gasteiger partial charge in [-0.2, -0.15) is 0 Å². The zero-order valence-corrected chi connectivity index (χ0v) is 14.0. The predicted octanol–water partition coefficient (Wildman–Crippen LogP) is 2.77. The van der Waals surface area contributed by atoms with Crippen LogP contribution in [0.1, 0.15) is 13.8 Å². The molecule has 0 fully saturated rings. The van der Waals surface area contributed by atoms with E-state index in [0.717, 1.165) is 4.90 Å². The third-order valence-electron chi connectivity index (χ3n) is 3.61. The number of hydrogen-bond acceptors (Lipinski definition) is 6. The second-order valence-corrected chi connectivity index (χ2v) is 5.54. The van der Waals surface area contributed by atoms with E-state index in [2.05, 4.69) is 20.5 Å². The number of nitrogens with one attached hydrogen (secondary N) is 1. The number of nitrogens with zero attached hydrogens (tertiary/aromatic N) is 5. The van der Waals surface area contributed by atoms with Crippen LogP contribution >= 0.6 is 0 Å². The lowest BCUT2D eigenvalue weighted by Gasteiger charge is -2.20. The summed E-state index contributed by atoms with van der Waals surface area (Å²) in [7, 11) is 1.58. The Morgan fingerprint density at radius 2 is 2.08 bits per heavy atom. The van der Waals surface area contributed by atoms with E-state index < -0.39 is 6.09 Å². The lowest BCUT2D eigenvalue weighted by molar-refractivity contribution is 0.199. The molecule has 9 nitrogen and oxygen atoms in total. The molecule has 2 aromatic heterocycles. The maximum absolute atomic E-state index is 11.5. The molecule has 2 heterocycles. The standard InChI is InChI=1S/C16H18N6O3/c1-10(2)22(16(23)24)15-20-19-14-13(17-8-9-21(14)15)18-11-6-4-5-7-12(11)25-3/h4-10H,1-3H3,(H,17,18)(H,23,24). The summed E-state index contributed by atoms with van der Waals surface area (Å²) in [5.74, 6) is 1.31. The van der Waals surface area contributed by atoms with Crippen molar-refractivity contribution >= 4 is 29.2 Å². The van der Waals surface area contributed by atoms with Crippen LogP contribution in [0.3, 0.4) is 0 Å². The van der Waals surface area contributed by atoms with Crippen molar-refractivity contribution in [2.24, 2.45) is 0 Å². The maximum atomic E-state index is 11.5. The van der Waals surface area contributed by atoms with E-state index in [0.29, 0.717) is 22.9 Å². The van der Waals surface area contributed by atoms with Gasteiger partial charge >= 0.3 is 6.09 Å². The number of anilines is 3. The first-order chi connectivity index (χ1) is 12.0. The Morgan fingerprint density at radius 1 is 1.32 bits per heavy atom. The molecule has 0 aliphatic heterocycles. The maximum Gasteiger partial charge on any atom is 0.414 e. The summed E-state index contributed by atoms with van der Waals surface area (Å²) in [5.41, 5.74) is 1.13. The highest BCUT2D eigenvalue weighted by Gasteiger charge is 2.24. The van der Waals surface area contributed by atoms with Crippen molar-refractivity contribution < 1.29 is 14.6 Å². The van der Waals surface area contributed by atoms with Gasteiger partial charge < -0.3 is 15.2 Å². The van der Waals surface area contributed by atoms with E-state index in [4.69, 9.17) is 4.74 Å². The summed E-state index contributed by atoms with van der Waals surface area (Å²) in [4.78, 5) is 17.0. The van der Waals surface area contributed by atoms with Crippen molar-refractivity contribution in [3.63, 3.8) is 0 Å². The Balaban J connectivity index is 2.06. The van der Waals surface area contributed by atoms with Gasteiger partial charge in [-0.05, 0) is 26.0 Å². The average Bonchev–Trinajstić information content (AvgIpc) is 2.99. The Morgan fingerprint density at radius 3 is 2.76 bits per heavy atom. The van der Waals surface area contributed by atoms with Crippen molar-refractivity contribution in [3.8, 4) is 5.75 Å². The zero-order chi connectivity index (χ0) is 18.0. The van der Waals surface area contributed by atoms with E-state index in [1.54, 1.807) is 37.8 Å². The normalized spacial score (nSPS) is 10.9. The number of rotatable bonds is 5. The molecule has 130 valence electrons. The van der Waals surface area contributed by atoms with Crippen LogP contribution in [0.5, 0.6) is 5.75 Å². The van der Waals surface area contributed by atoms with E-state index in [-0.39, 0.29) is 12.0 Å². The highest BCUT2D eigenvalue weighted by Crippen LogP contribution is 2.28. The first-order valence-electron chi connectivity index (χ1n) is 7.65. The molecule has 0 saturated carbocycles. The highest BCUT2D eigenvalue weighted by molar-refractivity contribution is 5.85. The lowest BCUT2D eigenvalue weighted by Crippen LogP contribution is -2.37. The zero-order valence-electron chi connectivity index (χ0n) is 14.0. The predicted molar refractivity (Wildman–Crippen MR) is 92.7 cm³/mol. The van der Waals surface area contributed by atoms with Crippen molar-refractivity contribution in [1.82, 2.24) is 19.6 Å². The summed E-state index contributed by atoms with van der Waals surface area (Å²) >= 11 is 0. The molecular weight excluding hydrogens is 324 g/mol. The molecule has 0 aliphatic carbocycles. The van der Waals surface area contributed by atoms with Crippen LogP contribution in [0.25, 0.3) is 5.65 Å². The van der Waals surface area contributed by atoms with Crippen LogP contribution < -0.4 is 15.0 Å². The Labute approximate surface area is 143 Å². The Hall–Kier alpha value is -3.36. The molecule has 1 amide bonds. The summed E-state index contributed by atoms with van der Waals surface area (Å²) in [6, 6.07) is 7.11. The van der Waals surface area contributed by atoms with Crippen molar-refractivity contribution in [2.75, 3.05) is 17.3 Å². The molecule has 0 radical (unpaired) electrons. The molecule has 0 saturated heterocycles. The van der Waals surface area contributed by atoms with Gasteiger partial charge in [-0.25, -0.2) is 14.7 Å².